The molecule has 3 N–H and O–H groups in total. The van der Waals surface area contributed by atoms with E-state index >= 15 is 0 Å². The molecule has 8 nitrogen and oxygen atoms in total. The summed E-state index contributed by atoms with van der Waals surface area (Å²) in [4.78, 5) is 28.2. The third kappa shape index (κ3) is 4.91. The number of amides is 2. The molecule has 2 aromatic carbocycles. The van der Waals surface area contributed by atoms with Gasteiger partial charge in [-0.15, -0.1) is 0 Å². The molecule has 4 atom stereocenters. The second-order valence-electron chi connectivity index (χ2n) is 9.52. The number of ether oxygens (including phenoxy) is 2. The lowest BCUT2D eigenvalue weighted by atomic mass is 9.93. The molecule has 2 saturated heterocycles. The quantitative estimate of drug-likeness (QED) is 0.561. The standard InChI is InChI=1S/C27H33N3O5/c1-2-35-25-12-18(27(33)30-20-8-9-21(30)16-34-15-20)7-10-22(25)26(32)29-14-24(31)23-11-17-5-3-4-6-19(17)13-28-23/h3-7,10,12,20-21,23-24,28,31H,2,8-9,11,13-16H2,1H3,(H,29,32)/t20?,21?,23-,24+/m1/s1. The highest BCUT2D eigenvalue weighted by molar-refractivity contribution is 6.00. The SMILES string of the molecule is CCOc1cc(C(=O)N2C3CCC2COC3)ccc1C(=O)NC[C@H](O)[C@H]1Cc2ccccc2CN1. The van der Waals surface area contributed by atoms with Crippen molar-refractivity contribution in [3.05, 3.63) is 64.7 Å². The molecule has 0 aliphatic carbocycles. The van der Waals surface area contributed by atoms with Gasteiger partial charge in [-0.1, -0.05) is 24.3 Å². The molecule has 3 aliphatic rings. The van der Waals surface area contributed by atoms with Gasteiger partial charge in [0.2, 0.25) is 0 Å². The van der Waals surface area contributed by atoms with Crippen molar-refractivity contribution in [2.45, 2.75) is 57.0 Å². The molecule has 8 heteroatoms. The van der Waals surface area contributed by atoms with Crippen molar-refractivity contribution in [2.75, 3.05) is 26.4 Å². The van der Waals surface area contributed by atoms with Crippen LogP contribution in [-0.2, 0) is 17.7 Å². The van der Waals surface area contributed by atoms with E-state index < -0.39 is 6.10 Å². The van der Waals surface area contributed by atoms with Crippen molar-refractivity contribution in [1.29, 1.82) is 0 Å². The minimum absolute atomic E-state index is 0.0483. The number of fused-ring (bicyclic) bond motifs is 3. The number of aliphatic hydroxyl groups excluding tert-OH is 1. The molecule has 2 aromatic rings. The van der Waals surface area contributed by atoms with E-state index in [0.717, 1.165) is 12.8 Å². The summed E-state index contributed by atoms with van der Waals surface area (Å²) >= 11 is 0. The third-order valence-corrected chi connectivity index (χ3v) is 7.30. The summed E-state index contributed by atoms with van der Waals surface area (Å²) in [6, 6.07) is 13.2. The molecule has 0 aromatic heterocycles. The molecule has 35 heavy (non-hydrogen) atoms. The van der Waals surface area contributed by atoms with Gasteiger partial charge in [0.15, 0.2) is 0 Å². The second-order valence-corrected chi connectivity index (χ2v) is 9.52. The predicted octanol–water partition coefficient (Wildman–Crippen LogP) is 1.89. The number of nitrogens with zero attached hydrogens (tertiary/aromatic N) is 1. The first-order chi connectivity index (χ1) is 17.0. The van der Waals surface area contributed by atoms with Crippen LogP contribution in [-0.4, -0.2) is 72.4 Å². The molecule has 0 radical (unpaired) electrons. The maximum absolute atomic E-state index is 13.3. The average Bonchev–Trinajstić information content (AvgIpc) is 3.14. The molecule has 186 valence electrons. The van der Waals surface area contributed by atoms with Crippen molar-refractivity contribution in [3.8, 4) is 5.75 Å². The first kappa shape index (κ1) is 23.8. The first-order valence-corrected chi connectivity index (χ1v) is 12.5. The van der Waals surface area contributed by atoms with Gasteiger partial charge in [-0.25, -0.2) is 0 Å². The van der Waals surface area contributed by atoms with Crippen LogP contribution < -0.4 is 15.4 Å². The topological polar surface area (TPSA) is 100 Å². The Kier molecular flexibility index (Phi) is 7.04. The van der Waals surface area contributed by atoms with Crippen LogP contribution in [0.3, 0.4) is 0 Å². The van der Waals surface area contributed by atoms with Crippen molar-refractivity contribution in [3.63, 3.8) is 0 Å². The zero-order valence-electron chi connectivity index (χ0n) is 20.0. The molecule has 5 rings (SSSR count). The van der Waals surface area contributed by atoms with E-state index in [2.05, 4.69) is 22.8 Å². The molecule has 0 spiro atoms. The van der Waals surface area contributed by atoms with Crippen molar-refractivity contribution < 1.29 is 24.2 Å². The number of rotatable bonds is 7. The van der Waals surface area contributed by atoms with Crippen LogP contribution in [0.1, 0.15) is 51.6 Å². The van der Waals surface area contributed by atoms with E-state index in [1.807, 2.05) is 24.0 Å². The highest BCUT2D eigenvalue weighted by Crippen LogP contribution is 2.31. The largest absolute Gasteiger partial charge is 0.493 e. The Labute approximate surface area is 205 Å². The Bertz CT molecular complexity index is 1070. The van der Waals surface area contributed by atoms with Crippen LogP contribution in [0.15, 0.2) is 42.5 Å². The van der Waals surface area contributed by atoms with Gasteiger partial charge in [-0.3, -0.25) is 9.59 Å². The maximum atomic E-state index is 13.3. The molecular formula is C27H33N3O5. The van der Waals surface area contributed by atoms with E-state index in [4.69, 9.17) is 9.47 Å². The first-order valence-electron chi connectivity index (χ1n) is 12.5. The zero-order chi connectivity index (χ0) is 24.4. The Morgan fingerprint density at radius 1 is 1.17 bits per heavy atom. The smallest absolute Gasteiger partial charge is 0.255 e. The molecule has 2 amide bonds. The Hall–Kier alpha value is -2.94. The van der Waals surface area contributed by atoms with Gasteiger partial charge >= 0.3 is 0 Å². The number of nitrogens with one attached hydrogen (secondary N) is 2. The minimum atomic E-state index is -0.736. The Morgan fingerprint density at radius 3 is 2.66 bits per heavy atom. The summed E-state index contributed by atoms with van der Waals surface area (Å²) in [6.07, 6.45) is 1.89. The van der Waals surface area contributed by atoms with Crippen molar-refractivity contribution in [2.24, 2.45) is 0 Å². The molecule has 2 fully saturated rings. The predicted molar refractivity (Wildman–Crippen MR) is 131 cm³/mol. The molecule has 0 saturated carbocycles. The van der Waals surface area contributed by atoms with E-state index in [0.29, 0.717) is 49.7 Å². The fourth-order valence-electron chi connectivity index (χ4n) is 5.41. The summed E-state index contributed by atoms with van der Waals surface area (Å²) in [5.74, 6) is -0.0161. The second kappa shape index (κ2) is 10.4. The van der Waals surface area contributed by atoms with Crippen LogP contribution in [0.5, 0.6) is 5.75 Å². The van der Waals surface area contributed by atoms with Crippen LogP contribution in [0.2, 0.25) is 0 Å². The van der Waals surface area contributed by atoms with Crippen LogP contribution >= 0.6 is 0 Å². The fourth-order valence-corrected chi connectivity index (χ4v) is 5.41. The summed E-state index contributed by atoms with van der Waals surface area (Å²) < 4.78 is 11.3. The van der Waals surface area contributed by atoms with Gasteiger partial charge in [0.25, 0.3) is 11.8 Å². The van der Waals surface area contributed by atoms with Gasteiger partial charge in [0.05, 0.1) is 43.6 Å². The molecule has 2 unspecified atom stereocenters. The summed E-state index contributed by atoms with van der Waals surface area (Å²) in [7, 11) is 0. The lowest BCUT2D eigenvalue weighted by Gasteiger charge is -2.34. The molecule has 2 bridgehead atoms. The highest BCUT2D eigenvalue weighted by Gasteiger charge is 2.40. The lowest BCUT2D eigenvalue weighted by Crippen LogP contribution is -2.49. The summed E-state index contributed by atoms with van der Waals surface area (Å²) in [6.45, 7) is 4.17. The Morgan fingerprint density at radius 2 is 1.91 bits per heavy atom. The minimum Gasteiger partial charge on any atom is -0.493 e. The Balaban J connectivity index is 1.24. The number of aliphatic hydroxyl groups is 1. The number of hydrogen-bond acceptors (Lipinski definition) is 6. The highest BCUT2D eigenvalue weighted by atomic mass is 16.5. The van der Waals surface area contributed by atoms with Crippen LogP contribution in [0, 0.1) is 0 Å². The molecule has 3 aliphatic heterocycles. The van der Waals surface area contributed by atoms with Crippen molar-refractivity contribution in [1.82, 2.24) is 15.5 Å². The van der Waals surface area contributed by atoms with Gasteiger partial charge < -0.3 is 30.1 Å². The van der Waals surface area contributed by atoms with Crippen molar-refractivity contribution >= 4 is 11.8 Å². The van der Waals surface area contributed by atoms with Gasteiger partial charge in [-0.2, -0.15) is 0 Å². The maximum Gasteiger partial charge on any atom is 0.255 e. The van der Waals surface area contributed by atoms with E-state index in [1.165, 1.54) is 11.1 Å². The van der Waals surface area contributed by atoms with Crippen LogP contribution in [0.4, 0.5) is 0 Å². The number of carbonyl (C=O) groups excluding carboxylic acids is 2. The summed E-state index contributed by atoms with van der Waals surface area (Å²) in [5, 5.41) is 16.9. The van der Waals surface area contributed by atoms with Gasteiger partial charge in [0.1, 0.15) is 5.75 Å². The molecular weight excluding hydrogens is 446 g/mol. The third-order valence-electron chi connectivity index (χ3n) is 7.30. The summed E-state index contributed by atoms with van der Waals surface area (Å²) in [5.41, 5.74) is 3.31. The zero-order valence-corrected chi connectivity index (χ0v) is 20.0. The van der Waals surface area contributed by atoms with E-state index in [-0.39, 0.29) is 36.5 Å². The fraction of sp³-hybridized carbons (Fsp3) is 0.481. The number of hydrogen-bond donors (Lipinski definition) is 3. The average molecular weight is 480 g/mol. The lowest BCUT2D eigenvalue weighted by molar-refractivity contribution is -0.00717. The van der Waals surface area contributed by atoms with Gasteiger partial charge in [0, 0.05) is 24.7 Å². The molecule has 3 heterocycles. The monoisotopic (exact) mass is 479 g/mol. The normalized spacial score (nSPS) is 23.9. The van der Waals surface area contributed by atoms with Crippen LogP contribution in [0.25, 0.3) is 0 Å². The number of benzene rings is 2. The number of carbonyl (C=O) groups is 2. The number of morpholine rings is 1. The van der Waals surface area contributed by atoms with E-state index in [9.17, 15) is 14.7 Å². The van der Waals surface area contributed by atoms with Gasteiger partial charge in [-0.05, 0) is 55.5 Å². The van der Waals surface area contributed by atoms with E-state index in [1.54, 1.807) is 18.2 Å².